The van der Waals surface area contributed by atoms with Gasteiger partial charge in [-0.15, -0.1) is 5.10 Å². The summed E-state index contributed by atoms with van der Waals surface area (Å²) in [6.45, 7) is 6.85. The van der Waals surface area contributed by atoms with Crippen LogP contribution in [0, 0.1) is 0 Å². The summed E-state index contributed by atoms with van der Waals surface area (Å²) in [4.78, 5) is 0. The second-order valence-corrected chi connectivity index (χ2v) is 5.43. The highest BCUT2D eigenvalue weighted by Crippen LogP contribution is 2.35. The number of hydrogen-bond acceptors (Lipinski definition) is 8. The molecule has 0 amide bonds. The van der Waals surface area contributed by atoms with E-state index in [1.165, 1.54) is 4.68 Å². The minimum Gasteiger partial charge on any atom is -0.384 e. The van der Waals surface area contributed by atoms with Crippen molar-refractivity contribution in [1.29, 1.82) is 0 Å². The number of nitrogens with two attached hydrogens (primary N) is 1. The van der Waals surface area contributed by atoms with Gasteiger partial charge in [-0.3, -0.25) is 0 Å². The van der Waals surface area contributed by atoms with Crippen LogP contribution >= 0.6 is 0 Å². The van der Waals surface area contributed by atoms with Gasteiger partial charge in [0.05, 0.1) is 0 Å². The predicted octanol–water partition coefficient (Wildman–Crippen LogP) is 0.467. The summed E-state index contributed by atoms with van der Waals surface area (Å²) < 4.78 is 5.82. The third-order valence-electron chi connectivity index (χ3n) is 3.76. The van der Waals surface area contributed by atoms with Crippen molar-refractivity contribution >= 4 is 5.82 Å². The summed E-state index contributed by atoms with van der Waals surface area (Å²) in [5.41, 5.74) is 3.76. The van der Waals surface area contributed by atoms with Gasteiger partial charge in [-0.2, -0.15) is 4.68 Å². The molecule has 0 radical (unpaired) electrons. The van der Waals surface area contributed by atoms with E-state index in [2.05, 4.69) is 25.3 Å². The zero-order valence-electron chi connectivity index (χ0n) is 12.5. The lowest BCUT2D eigenvalue weighted by molar-refractivity contribution is 0.0211. The highest BCUT2D eigenvalue weighted by Gasteiger charge is 2.39. The van der Waals surface area contributed by atoms with E-state index in [1.807, 2.05) is 13.8 Å². The van der Waals surface area contributed by atoms with Gasteiger partial charge in [0, 0.05) is 0 Å². The molecular weight excluding hydrogens is 276 g/mol. The van der Waals surface area contributed by atoms with E-state index < -0.39 is 11.2 Å². The summed E-state index contributed by atoms with van der Waals surface area (Å²) in [5.74, 6) is 0.153. The summed E-state index contributed by atoms with van der Waals surface area (Å²) in [7, 11) is 0. The lowest BCUT2D eigenvalue weighted by Crippen LogP contribution is -2.31. The fraction of sp³-hybridized carbons (Fsp3) is 0.667. The molecule has 2 rings (SSSR count). The van der Waals surface area contributed by atoms with Gasteiger partial charge >= 0.3 is 0 Å². The van der Waals surface area contributed by atoms with Crippen LogP contribution in [0.5, 0.6) is 0 Å². The van der Waals surface area contributed by atoms with Crippen LogP contribution in [0.4, 0.5) is 5.82 Å². The molecule has 0 aromatic carbocycles. The van der Waals surface area contributed by atoms with Gasteiger partial charge in [0.15, 0.2) is 0 Å². The third kappa shape index (κ3) is 2.49. The average molecular weight is 296 g/mol. The Balaban J connectivity index is 2.72. The van der Waals surface area contributed by atoms with Crippen LogP contribution in [0.1, 0.15) is 51.9 Å². The van der Waals surface area contributed by atoms with Gasteiger partial charge < -0.3 is 15.9 Å². The maximum atomic E-state index is 10.7. The lowest BCUT2D eigenvalue weighted by atomic mass is 9.89. The number of hydrogen-bond donors (Lipinski definition) is 3. The Labute approximate surface area is 121 Å². The van der Waals surface area contributed by atoms with Gasteiger partial charge in [0.1, 0.15) is 22.6 Å². The SMILES string of the molecule is CC[C@](C)(O)c1nnn(-c2nonc2N)c1[C@](C)(O)CC. The van der Waals surface area contributed by atoms with Crippen molar-refractivity contribution in [2.24, 2.45) is 0 Å². The van der Waals surface area contributed by atoms with Crippen LogP contribution in [-0.4, -0.2) is 35.5 Å². The molecule has 0 bridgehead atoms. The first-order chi connectivity index (χ1) is 9.74. The van der Waals surface area contributed by atoms with Gasteiger partial charge in [-0.25, -0.2) is 4.63 Å². The van der Waals surface area contributed by atoms with E-state index >= 15 is 0 Å². The summed E-state index contributed by atoms with van der Waals surface area (Å²) in [6.07, 6.45) is 0.795. The molecule has 0 saturated carbocycles. The molecule has 0 aliphatic carbocycles. The molecule has 2 atom stereocenters. The van der Waals surface area contributed by atoms with Crippen LogP contribution in [0.15, 0.2) is 4.63 Å². The Morgan fingerprint density at radius 2 is 1.76 bits per heavy atom. The van der Waals surface area contributed by atoms with Gasteiger partial charge in [0.25, 0.3) is 0 Å². The first kappa shape index (κ1) is 15.4. The van der Waals surface area contributed by atoms with E-state index in [9.17, 15) is 10.2 Å². The Hall–Kier alpha value is -2.00. The van der Waals surface area contributed by atoms with Crippen LogP contribution in [-0.2, 0) is 11.2 Å². The highest BCUT2D eigenvalue weighted by atomic mass is 16.6. The molecular formula is C12H20N6O3. The highest BCUT2D eigenvalue weighted by molar-refractivity contribution is 5.46. The van der Waals surface area contributed by atoms with E-state index in [1.54, 1.807) is 13.8 Å². The molecule has 4 N–H and O–H groups in total. The van der Waals surface area contributed by atoms with E-state index in [-0.39, 0.29) is 17.3 Å². The zero-order valence-corrected chi connectivity index (χ0v) is 12.5. The molecule has 0 aliphatic heterocycles. The number of aliphatic hydroxyl groups is 2. The maximum Gasteiger partial charge on any atom is 0.243 e. The van der Waals surface area contributed by atoms with Crippen LogP contribution in [0.2, 0.25) is 0 Å². The van der Waals surface area contributed by atoms with Crippen LogP contribution < -0.4 is 5.73 Å². The standard InChI is InChI=1S/C12H20N6O3/c1-5-11(3,19)7-8(12(4,20)6-2)18(17-14-7)10-9(13)15-21-16-10/h19-20H,5-6H2,1-4H3,(H2,13,15)/t11-,12+/m0/s1. The quantitative estimate of drug-likeness (QED) is 0.724. The molecule has 0 fully saturated rings. The summed E-state index contributed by atoms with van der Waals surface area (Å²) >= 11 is 0. The smallest absolute Gasteiger partial charge is 0.243 e. The molecule has 0 unspecified atom stereocenters. The largest absolute Gasteiger partial charge is 0.384 e. The number of nitrogen functional groups attached to an aromatic ring is 1. The molecule has 9 heteroatoms. The molecule has 21 heavy (non-hydrogen) atoms. The fourth-order valence-corrected chi connectivity index (χ4v) is 1.95. The fourth-order valence-electron chi connectivity index (χ4n) is 1.95. The van der Waals surface area contributed by atoms with Gasteiger partial charge in [-0.05, 0) is 37.0 Å². The van der Waals surface area contributed by atoms with Crippen LogP contribution in [0.3, 0.4) is 0 Å². The first-order valence-electron chi connectivity index (χ1n) is 6.74. The Kier molecular flexibility index (Phi) is 3.72. The molecule has 9 nitrogen and oxygen atoms in total. The van der Waals surface area contributed by atoms with E-state index in [0.29, 0.717) is 18.5 Å². The molecule has 2 aromatic heterocycles. The van der Waals surface area contributed by atoms with Gasteiger partial charge in [0.2, 0.25) is 11.6 Å². The monoisotopic (exact) mass is 296 g/mol. The van der Waals surface area contributed by atoms with E-state index in [4.69, 9.17) is 5.73 Å². The minimum atomic E-state index is -1.27. The van der Waals surface area contributed by atoms with Crippen molar-refractivity contribution in [2.45, 2.75) is 51.7 Å². The molecule has 0 aliphatic rings. The number of rotatable bonds is 5. The normalized spacial score (nSPS) is 17.4. The van der Waals surface area contributed by atoms with Crippen molar-refractivity contribution in [3.05, 3.63) is 11.4 Å². The van der Waals surface area contributed by atoms with Crippen molar-refractivity contribution in [1.82, 2.24) is 25.3 Å². The molecule has 0 spiro atoms. The van der Waals surface area contributed by atoms with Crippen molar-refractivity contribution in [2.75, 3.05) is 5.73 Å². The first-order valence-corrected chi connectivity index (χ1v) is 6.74. The predicted molar refractivity (Wildman–Crippen MR) is 73.4 cm³/mol. The molecule has 0 saturated heterocycles. The second-order valence-electron chi connectivity index (χ2n) is 5.43. The Morgan fingerprint density at radius 3 is 2.24 bits per heavy atom. The van der Waals surface area contributed by atoms with Crippen molar-refractivity contribution in [3.8, 4) is 5.82 Å². The van der Waals surface area contributed by atoms with Crippen LogP contribution in [0.25, 0.3) is 5.82 Å². The topological polar surface area (TPSA) is 136 Å². The second kappa shape index (κ2) is 5.08. The number of anilines is 1. The van der Waals surface area contributed by atoms with Gasteiger partial charge in [-0.1, -0.05) is 19.1 Å². The Morgan fingerprint density at radius 1 is 1.14 bits per heavy atom. The van der Waals surface area contributed by atoms with E-state index in [0.717, 1.165) is 0 Å². The van der Waals surface area contributed by atoms with Crippen molar-refractivity contribution < 1.29 is 14.8 Å². The average Bonchev–Trinajstić information content (AvgIpc) is 3.04. The Bertz CT molecular complexity index is 631. The number of aromatic nitrogens is 5. The van der Waals surface area contributed by atoms with Crippen molar-refractivity contribution in [3.63, 3.8) is 0 Å². The molecule has 2 heterocycles. The lowest BCUT2D eigenvalue weighted by Gasteiger charge is -2.27. The number of nitrogens with zero attached hydrogens (tertiary/aromatic N) is 5. The minimum absolute atomic E-state index is 0.0238. The summed E-state index contributed by atoms with van der Waals surface area (Å²) in [5, 5.41) is 36.3. The molecule has 2 aromatic rings. The zero-order chi connectivity index (χ0) is 15.8. The molecule has 116 valence electrons. The summed E-state index contributed by atoms with van der Waals surface area (Å²) in [6, 6.07) is 0. The maximum absolute atomic E-state index is 10.7. The third-order valence-corrected chi connectivity index (χ3v) is 3.76.